The Morgan fingerprint density at radius 2 is 2.21 bits per heavy atom. The molecular formula is C10H19N2O2-. The van der Waals surface area contributed by atoms with Crippen LogP contribution in [-0.2, 0) is 4.74 Å². The second-order valence-corrected chi connectivity index (χ2v) is 4.47. The number of carbonyl (C=O) groups excluding carboxylic acids is 1. The van der Waals surface area contributed by atoms with Crippen molar-refractivity contribution in [1.29, 1.82) is 0 Å². The van der Waals surface area contributed by atoms with Crippen LogP contribution in [0.25, 0.3) is 0 Å². The summed E-state index contributed by atoms with van der Waals surface area (Å²) in [5.74, 6) is 0.299. The number of rotatable bonds is 2. The largest absolute Gasteiger partial charge is 0.456 e. The zero-order chi connectivity index (χ0) is 10.9. The lowest BCUT2D eigenvalue weighted by Crippen LogP contribution is -2.43. The van der Waals surface area contributed by atoms with Gasteiger partial charge in [-0.1, -0.05) is 6.92 Å². The third-order valence-corrected chi connectivity index (χ3v) is 3.14. The van der Waals surface area contributed by atoms with Gasteiger partial charge in [0.15, 0.2) is 0 Å². The lowest BCUT2D eigenvalue weighted by molar-refractivity contribution is -0.00861. The van der Waals surface area contributed by atoms with E-state index in [1.165, 1.54) is 0 Å². The van der Waals surface area contributed by atoms with Gasteiger partial charge in [-0.05, 0) is 32.9 Å². The minimum absolute atomic E-state index is 0.299. The Bertz CT molecular complexity index is 228. The summed E-state index contributed by atoms with van der Waals surface area (Å²) in [6.45, 7) is 6.84. The van der Waals surface area contributed by atoms with Gasteiger partial charge >= 0.3 is 6.09 Å². The van der Waals surface area contributed by atoms with Crippen LogP contribution in [0.2, 0.25) is 0 Å². The van der Waals surface area contributed by atoms with Crippen LogP contribution in [-0.4, -0.2) is 29.2 Å². The first-order chi connectivity index (χ1) is 6.34. The van der Waals surface area contributed by atoms with Gasteiger partial charge < -0.3 is 15.4 Å². The Kier molecular flexibility index (Phi) is 3.04. The van der Waals surface area contributed by atoms with Gasteiger partial charge in [0.2, 0.25) is 0 Å². The van der Waals surface area contributed by atoms with Gasteiger partial charge in [0.25, 0.3) is 0 Å². The van der Waals surface area contributed by atoms with E-state index in [0.717, 1.165) is 13.0 Å². The maximum Gasteiger partial charge on any atom is 0.405 e. The molecule has 2 N–H and O–H groups in total. The summed E-state index contributed by atoms with van der Waals surface area (Å²) in [5.41, 5.74) is 4.53. The highest BCUT2D eigenvalue weighted by Gasteiger charge is 2.39. The number of ether oxygens (including phenoxy) is 1. The average molecular weight is 199 g/mol. The first-order valence-corrected chi connectivity index (χ1v) is 4.90. The molecular weight excluding hydrogens is 180 g/mol. The molecule has 0 saturated carbocycles. The number of primary amides is 1. The Morgan fingerprint density at radius 3 is 2.57 bits per heavy atom. The van der Waals surface area contributed by atoms with Crippen molar-refractivity contribution < 1.29 is 9.53 Å². The van der Waals surface area contributed by atoms with E-state index in [9.17, 15) is 4.79 Å². The molecule has 1 saturated heterocycles. The van der Waals surface area contributed by atoms with Crippen molar-refractivity contribution in [2.45, 2.75) is 38.8 Å². The number of nitrogens with zero attached hydrogens (tertiary/aromatic N) is 1. The summed E-state index contributed by atoms with van der Waals surface area (Å²) < 4.78 is 5.12. The fraction of sp³-hybridized carbons (Fsp3) is 0.800. The van der Waals surface area contributed by atoms with Crippen LogP contribution in [0, 0.1) is 13.0 Å². The molecule has 0 aliphatic carbocycles. The molecule has 2 atom stereocenters. The third-order valence-electron chi connectivity index (χ3n) is 3.14. The molecule has 0 aromatic rings. The van der Waals surface area contributed by atoms with Crippen LogP contribution in [0.1, 0.15) is 27.2 Å². The first kappa shape index (κ1) is 11.3. The molecule has 1 aliphatic heterocycles. The standard InChI is InChI=1S/C10H19N2O2/c1-7-8(5-6-12(7)4)10(2,3)14-9(11)13/h7-8H,4-6H2,1-3H3,(H2,11,13)/q-1/t7-,8-/m0/s1. The van der Waals surface area contributed by atoms with Gasteiger partial charge in [-0.25, -0.2) is 4.79 Å². The molecule has 82 valence electrons. The third kappa shape index (κ3) is 2.18. The highest BCUT2D eigenvalue weighted by molar-refractivity contribution is 5.65. The minimum atomic E-state index is -0.704. The van der Waals surface area contributed by atoms with Crippen molar-refractivity contribution >= 4 is 6.09 Å². The molecule has 0 unspecified atom stereocenters. The average Bonchev–Trinajstić information content (AvgIpc) is 2.30. The van der Waals surface area contributed by atoms with Crippen LogP contribution in [0.3, 0.4) is 0 Å². The molecule has 1 amide bonds. The smallest absolute Gasteiger partial charge is 0.405 e. The fourth-order valence-electron chi connectivity index (χ4n) is 2.27. The van der Waals surface area contributed by atoms with Gasteiger partial charge in [0.05, 0.1) is 0 Å². The molecule has 0 aromatic heterocycles. The Labute approximate surface area is 85.4 Å². The maximum atomic E-state index is 10.7. The molecule has 14 heavy (non-hydrogen) atoms. The monoisotopic (exact) mass is 199 g/mol. The molecule has 0 aromatic carbocycles. The van der Waals surface area contributed by atoms with Crippen molar-refractivity contribution in [1.82, 2.24) is 4.90 Å². The minimum Gasteiger partial charge on any atom is -0.456 e. The van der Waals surface area contributed by atoms with Crippen molar-refractivity contribution in [3.8, 4) is 0 Å². The number of nitrogens with two attached hydrogens (primary N) is 1. The van der Waals surface area contributed by atoms with Gasteiger partial charge in [0.1, 0.15) is 5.60 Å². The number of likely N-dealkylation sites (tertiary alicyclic amines) is 1. The first-order valence-electron chi connectivity index (χ1n) is 4.90. The molecule has 4 nitrogen and oxygen atoms in total. The maximum absolute atomic E-state index is 10.7. The number of amides is 1. The van der Waals surface area contributed by atoms with Crippen LogP contribution in [0.4, 0.5) is 4.79 Å². The molecule has 1 fully saturated rings. The molecule has 1 heterocycles. The van der Waals surface area contributed by atoms with Crippen molar-refractivity contribution in [3.63, 3.8) is 0 Å². The number of hydrogen-bond donors (Lipinski definition) is 1. The highest BCUT2D eigenvalue weighted by atomic mass is 16.6. The molecule has 0 spiro atoms. The Balaban J connectivity index is 2.67. The fourth-order valence-corrected chi connectivity index (χ4v) is 2.27. The van der Waals surface area contributed by atoms with E-state index in [2.05, 4.69) is 14.0 Å². The SMILES string of the molecule is [CH2-]N1CC[C@H](C(C)(C)OC(N)=O)[C@@H]1C. The predicted octanol–water partition coefficient (Wildman–Crippen LogP) is 1.36. The quantitative estimate of drug-likeness (QED) is 0.683. The highest BCUT2D eigenvalue weighted by Crippen LogP contribution is 2.34. The Hall–Kier alpha value is -0.770. The topological polar surface area (TPSA) is 55.6 Å². The summed E-state index contributed by atoms with van der Waals surface area (Å²) in [7, 11) is 3.92. The van der Waals surface area contributed by atoms with Crippen LogP contribution < -0.4 is 5.73 Å². The summed E-state index contributed by atoms with van der Waals surface area (Å²) in [5, 5.41) is 0. The van der Waals surface area contributed by atoms with Crippen LogP contribution in [0.15, 0.2) is 0 Å². The molecule has 0 bridgehead atoms. The molecule has 4 heteroatoms. The second-order valence-electron chi connectivity index (χ2n) is 4.47. The van der Waals surface area contributed by atoms with E-state index >= 15 is 0 Å². The number of carbonyl (C=O) groups is 1. The van der Waals surface area contributed by atoms with Gasteiger partial charge in [-0.15, -0.1) is 0 Å². The van der Waals surface area contributed by atoms with E-state index in [-0.39, 0.29) is 0 Å². The normalized spacial score (nSPS) is 29.1. The van der Waals surface area contributed by atoms with E-state index in [0.29, 0.717) is 12.0 Å². The summed E-state index contributed by atoms with van der Waals surface area (Å²) in [6.07, 6.45) is 0.287. The zero-order valence-corrected chi connectivity index (χ0v) is 9.12. The van der Waals surface area contributed by atoms with Crippen molar-refractivity contribution in [3.05, 3.63) is 7.05 Å². The summed E-state index contributed by atoms with van der Waals surface area (Å²) in [6, 6.07) is 0.323. The van der Waals surface area contributed by atoms with Crippen molar-refractivity contribution in [2.75, 3.05) is 6.54 Å². The lowest BCUT2D eigenvalue weighted by Gasteiger charge is -2.36. The predicted molar refractivity (Wildman–Crippen MR) is 54.4 cm³/mol. The van der Waals surface area contributed by atoms with Gasteiger partial charge in [-0.3, -0.25) is 7.05 Å². The van der Waals surface area contributed by atoms with E-state index < -0.39 is 11.7 Å². The van der Waals surface area contributed by atoms with E-state index in [1.807, 2.05) is 18.7 Å². The van der Waals surface area contributed by atoms with Crippen LogP contribution >= 0.6 is 0 Å². The summed E-state index contributed by atoms with van der Waals surface area (Å²) in [4.78, 5) is 12.8. The van der Waals surface area contributed by atoms with Crippen LogP contribution in [0.5, 0.6) is 0 Å². The molecule has 1 aliphatic rings. The van der Waals surface area contributed by atoms with Crippen molar-refractivity contribution in [2.24, 2.45) is 11.7 Å². The number of hydrogen-bond acceptors (Lipinski definition) is 3. The van der Waals surface area contributed by atoms with Gasteiger partial charge in [-0.2, -0.15) is 0 Å². The summed E-state index contributed by atoms with van der Waals surface area (Å²) >= 11 is 0. The lowest BCUT2D eigenvalue weighted by atomic mass is 9.85. The van der Waals surface area contributed by atoms with E-state index in [4.69, 9.17) is 10.5 Å². The van der Waals surface area contributed by atoms with E-state index in [1.54, 1.807) is 0 Å². The zero-order valence-electron chi connectivity index (χ0n) is 9.12. The Morgan fingerprint density at radius 1 is 1.64 bits per heavy atom. The second kappa shape index (κ2) is 3.77. The molecule has 0 radical (unpaired) electrons. The molecule has 1 rings (SSSR count). The van der Waals surface area contributed by atoms with Gasteiger partial charge in [0, 0.05) is 5.92 Å².